The van der Waals surface area contributed by atoms with Crippen molar-refractivity contribution in [3.8, 4) is 11.5 Å². The van der Waals surface area contributed by atoms with Crippen molar-refractivity contribution in [3.05, 3.63) is 29.8 Å². The predicted octanol–water partition coefficient (Wildman–Crippen LogP) is 3.33. The molecule has 0 fully saturated rings. The monoisotopic (exact) mass is 248 g/mol. The number of allylic oxidation sites excluding steroid dienone is 1. The molecule has 3 nitrogen and oxygen atoms in total. The molecule has 1 aromatic carbocycles. The molecule has 0 unspecified atom stereocenters. The van der Waals surface area contributed by atoms with Crippen LogP contribution in [0.5, 0.6) is 11.5 Å². The molecule has 0 spiro atoms. The van der Waals surface area contributed by atoms with Crippen molar-refractivity contribution in [2.75, 3.05) is 14.2 Å². The van der Waals surface area contributed by atoms with E-state index in [4.69, 9.17) is 9.47 Å². The van der Waals surface area contributed by atoms with Crippen molar-refractivity contribution >= 4 is 11.9 Å². The van der Waals surface area contributed by atoms with Gasteiger partial charge in [0.1, 0.15) is 0 Å². The van der Waals surface area contributed by atoms with Crippen LogP contribution in [0.1, 0.15) is 26.3 Å². The normalized spacial score (nSPS) is 11.6. The summed E-state index contributed by atoms with van der Waals surface area (Å²) in [6, 6.07) is 5.57. The van der Waals surface area contributed by atoms with Gasteiger partial charge in [0.15, 0.2) is 17.3 Å². The number of hydrogen-bond donors (Lipinski definition) is 0. The van der Waals surface area contributed by atoms with Crippen molar-refractivity contribution in [2.24, 2.45) is 5.41 Å². The van der Waals surface area contributed by atoms with E-state index in [0.29, 0.717) is 11.5 Å². The topological polar surface area (TPSA) is 35.5 Å². The van der Waals surface area contributed by atoms with Crippen molar-refractivity contribution in [3.63, 3.8) is 0 Å². The molecule has 3 heteroatoms. The first-order valence-corrected chi connectivity index (χ1v) is 5.83. The molecule has 0 atom stereocenters. The lowest BCUT2D eigenvalue weighted by atomic mass is 9.90. The number of carbonyl (C=O) groups is 1. The van der Waals surface area contributed by atoms with Gasteiger partial charge in [-0.3, -0.25) is 4.79 Å². The average Bonchev–Trinajstić information content (AvgIpc) is 2.33. The maximum atomic E-state index is 11.8. The maximum absolute atomic E-state index is 11.8. The van der Waals surface area contributed by atoms with Crippen LogP contribution in [-0.4, -0.2) is 20.0 Å². The number of methoxy groups -OCH3 is 2. The van der Waals surface area contributed by atoms with Gasteiger partial charge in [-0.15, -0.1) is 0 Å². The van der Waals surface area contributed by atoms with Crippen LogP contribution in [0.2, 0.25) is 0 Å². The van der Waals surface area contributed by atoms with Crippen LogP contribution in [0.3, 0.4) is 0 Å². The van der Waals surface area contributed by atoms with E-state index < -0.39 is 0 Å². The molecule has 0 heterocycles. The molecule has 1 rings (SSSR count). The van der Waals surface area contributed by atoms with Gasteiger partial charge in [-0.05, 0) is 18.2 Å². The van der Waals surface area contributed by atoms with E-state index in [1.54, 1.807) is 26.4 Å². The molecule has 0 saturated carbocycles. The lowest BCUT2D eigenvalue weighted by Crippen LogP contribution is -2.17. The summed E-state index contributed by atoms with van der Waals surface area (Å²) in [5, 5.41) is 0. The van der Waals surface area contributed by atoms with E-state index in [0.717, 1.165) is 5.56 Å². The van der Waals surface area contributed by atoms with Gasteiger partial charge in [0.2, 0.25) is 0 Å². The second-order valence-electron chi connectivity index (χ2n) is 5.03. The summed E-state index contributed by atoms with van der Waals surface area (Å²) in [7, 11) is 3.17. The minimum absolute atomic E-state index is 0.0763. The van der Waals surface area contributed by atoms with Gasteiger partial charge in [-0.2, -0.15) is 0 Å². The first kappa shape index (κ1) is 14.3. The lowest BCUT2D eigenvalue weighted by molar-refractivity contribution is -0.121. The summed E-state index contributed by atoms with van der Waals surface area (Å²) in [4.78, 5) is 11.8. The minimum atomic E-state index is -0.372. The van der Waals surface area contributed by atoms with Gasteiger partial charge < -0.3 is 9.47 Å². The van der Waals surface area contributed by atoms with Crippen LogP contribution in [0, 0.1) is 5.41 Å². The van der Waals surface area contributed by atoms with Crippen LogP contribution in [0.25, 0.3) is 6.08 Å². The third kappa shape index (κ3) is 3.36. The highest BCUT2D eigenvalue weighted by Crippen LogP contribution is 2.31. The first-order chi connectivity index (χ1) is 8.40. The van der Waals surface area contributed by atoms with E-state index in [-0.39, 0.29) is 11.2 Å². The molecule has 0 aliphatic heterocycles. The van der Waals surface area contributed by atoms with Crippen LogP contribution in [0.15, 0.2) is 24.3 Å². The summed E-state index contributed by atoms with van der Waals surface area (Å²) in [5.74, 6) is 1.37. The second kappa shape index (κ2) is 5.71. The number of rotatable bonds is 4. The molecule has 0 saturated heterocycles. The van der Waals surface area contributed by atoms with Gasteiger partial charge in [-0.1, -0.05) is 32.9 Å². The third-order valence-electron chi connectivity index (χ3n) is 2.59. The Bertz CT molecular complexity index is 453. The van der Waals surface area contributed by atoms with Crippen LogP contribution >= 0.6 is 0 Å². The van der Waals surface area contributed by atoms with Crippen LogP contribution in [0.4, 0.5) is 0 Å². The Morgan fingerprint density at radius 1 is 1.17 bits per heavy atom. The number of hydrogen-bond acceptors (Lipinski definition) is 3. The molecule has 0 aliphatic carbocycles. The lowest BCUT2D eigenvalue weighted by Gasteiger charge is -2.13. The molecule has 0 N–H and O–H groups in total. The quantitative estimate of drug-likeness (QED) is 0.767. The molecule has 0 bridgehead atoms. The Hall–Kier alpha value is -1.77. The van der Waals surface area contributed by atoms with Crippen molar-refractivity contribution in [1.29, 1.82) is 0 Å². The standard InChI is InChI=1S/C15H20O3/c1-15(2,3)13(16)10-9-11-7-6-8-12(17-4)14(11)18-5/h6-10H,1-5H3. The SMILES string of the molecule is COc1cccc(C=CC(=O)C(C)(C)C)c1OC. The Balaban J connectivity index is 3.05. The summed E-state index contributed by atoms with van der Waals surface area (Å²) >= 11 is 0. The van der Waals surface area contributed by atoms with Gasteiger partial charge in [0, 0.05) is 11.0 Å². The van der Waals surface area contributed by atoms with Gasteiger partial charge in [0.25, 0.3) is 0 Å². The summed E-state index contributed by atoms with van der Waals surface area (Å²) in [5.41, 5.74) is 0.456. The summed E-state index contributed by atoms with van der Waals surface area (Å²) < 4.78 is 10.5. The Labute approximate surface area is 108 Å². The zero-order valence-corrected chi connectivity index (χ0v) is 11.6. The van der Waals surface area contributed by atoms with E-state index in [1.165, 1.54) is 0 Å². The van der Waals surface area contributed by atoms with E-state index in [9.17, 15) is 4.79 Å². The zero-order valence-electron chi connectivity index (χ0n) is 11.6. The Morgan fingerprint density at radius 3 is 2.33 bits per heavy atom. The van der Waals surface area contributed by atoms with Crippen LogP contribution in [-0.2, 0) is 4.79 Å². The predicted molar refractivity (Wildman–Crippen MR) is 73.0 cm³/mol. The number of carbonyl (C=O) groups excluding carboxylic acids is 1. The number of ketones is 1. The fourth-order valence-corrected chi connectivity index (χ4v) is 1.46. The van der Waals surface area contributed by atoms with Gasteiger partial charge >= 0.3 is 0 Å². The Kier molecular flexibility index (Phi) is 4.54. The summed E-state index contributed by atoms with van der Waals surface area (Å²) in [6.45, 7) is 5.67. The molecule has 18 heavy (non-hydrogen) atoms. The van der Waals surface area contributed by atoms with Crippen molar-refractivity contribution in [1.82, 2.24) is 0 Å². The molecule has 98 valence electrons. The Morgan fingerprint density at radius 2 is 1.83 bits per heavy atom. The summed E-state index contributed by atoms with van der Waals surface area (Å²) in [6.07, 6.45) is 3.34. The largest absolute Gasteiger partial charge is 0.493 e. The molecular formula is C15H20O3. The smallest absolute Gasteiger partial charge is 0.167 e. The molecule has 1 aromatic rings. The maximum Gasteiger partial charge on any atom is 0.167 e. The number of para-hydroxylation sites is 1. The molecular weight excluding hydrogens is 228 g/mol. The fraction of sp³-hybridized carbons (Fsp3) is 0.400. The van der Waals surface area contributed by atoms with Gasteiger partial charge in [0.05, 0.1) is 14.2 Å². The highest BCUT2D eigenvalue weighted by atomic mass is 16.5. The van der Waals surface area contributed by atoms with E-state index in [2.05, 4.69) is 0 Å². The third-order valence-corrected chi connectivity index (χ3v) is 2.59. The molecule has 0 aliphatic rings. The fourth-order valence-electron chi connectivity index (χ4n) is 1.46. The molecule has 0 radical (unpaired) electrons. The number of ether oxygens (including phenoxy) is 2. The average molecular weight is 248 g/mol. The van der Waals surface area contributed by atoms with Crippen molar-refractivity contribution < 1.29 is 14.3 Å². The van der Waals surface area contributed by atoms with E-state index >= 15 is 0 Å². The van der Waals surface area contributed by atoms with Gasteiger partial charge in [-0.25, -0.2) is 0 Å². The van der Waals surface area contributed by atoms with E-state index in [1.807, 2.05) is 39.0 Å². The minimum Gasteiger partial charge on any atom is -0.493 e. The van der Waals surface area contributed by atoms with Crippen molar-refractivity contribution in [2.45, 2.75) is 20.8 Å². The zero-order chi connectivity index (χ0) is 13.8. The highest BCUT2D eigenvalue weighted by Gasteiger charge is 2.18. The van der Waals surface area contributed by atoms with Crippen LogP contribution < -0.4 is 9.47 Å². The number of benzene rings is 1. The molecule has 0 amide bonds. The molecule has 0 aromatic heterocycles. The highest BCUT2D eigenvalue weighted by molar-refractivity contribution is 5.97. The first-order valence-electron chi connectivity index (χ1n) is 5.83. The second-order valence-corrected chi connectivity index (χ2v) is 5.03.